The molecule has 0 amide bonds. The second kappa shape index (κ2) is 4.20. The van der Waals surface area contributed by atoms with Crippen molar-refractivity contribution in [1.29, 1.82) is 0 Å². The fourth-order valence-corrected chi connectivity index (χ4v) is 3.01. The molecule has 0 spiro atoms. The van der Waals surface area contributed by atoms with Crippen LogP contribution in [-0.2, 0) is 0 Å². The SMILES string of the molecule is O=c1c2cc(I)ccc2[nH]c(=S)n1C1CCC1. The minimum absolute atomic E-state index is 0.0481. The van der Waals surface area contributed by atoms with E-state index < -0.39 is 0 Å². The van der Waals surface area contributed by atoms with Crippen LogP contribution in [0.4, 0.5) is 0 Å². The summed E-state index contributed by atoms with van der Waals surface area (Å²) in [6.07, 6.45) is 3.32. The van der Waals surface area contributed by atoms with E-state index in [0.29, 0.717) is 10.8 Å². The van der Waals surface area contributed by atoms with Crippen molar-refractivity contribution in [1.82, 2.24) is 9.55 Å². The van der Waals surface area contributed by atoms with Crippen LogP contribution in [0.25, 0.3) is 10.9 Å². The van der Waals surface area contributed by atoms with Gasteiger partial charge in [-0.2, -0.15) is 0 Å². The van der Waals surface area contributed by atoms with Crippen LogP contribution < -0.4 is 5.56 Å². The maximum atomic E-state index is 12.4. The van der Waals surface area contributed by atoms with Gasteiger partial charge in [0.2, 0.25) is 0 Å². The Labute approximate surface area is 117 Å². The van der Waals surface area contributed by atoms with Gasteiger partial charge in [0.05, 0.1) is 10.9 Å². The summed E-state index contributed by atoms with van der Waals surface area (Å²) < 4.78 is 3.36. The van der Waals surface area contributed by atoms with Crippen LogP contribution in [0.3, 0.4) is 0 Å². The molecule has 1 aliphatic carbocycles. The number of nitrogens with zero attached hydrogens (tertiary/aromatic N) is 1. The molecule has 0 aliphatic heterocycles. The molecule has 1 aliphatic rings. The van der Waals surface area contributed by atoms with Gasteiger partial charge in [0.25, 0.3) is 5.56 Å². The average molecular weight is 358 g/mol. The topological polar surface area (TPSA) is 37.8 Å². The first-order valence-electron chi connectivity index (χ1n) is 5.61. The molecule has 1 aromatic carbocycles. The van der Waals surface area contributed by atoms with Crippen molar-refractivity contribution in [3.63, 3.8) is 0 Å². The highest BCUT2D eigenvalue weighted by Gasteiger charge is 2.22. The maximum absolute atomic E-state index is 12.4. The van der Waals surface area contributed by atoms with Gasteiger partial charge in [0.15, 0.2) is 4.77 Å². The zero-order valence-electron chi connectivity index (χ0n) is 9.07. The molecule has 1 saturated carbocycles. The molecule has 5 heteroatoms. The number of benzene rings is 1. The molecule has 3 rings (SSSR count). The van der Waals surface area contributed by atoms with Crippen molar-refractivity contribution in [3.8, 4) is 0 Å². The predicted octanol–water partition coefficient (Wildman–Crippen LogP) is 3.39. The summed E-state index contributed by atoms with van der Waals surface area (Å²) in [7, 11) is 0. The van der Waals surface area contributed by atoms with Crippen molar-refractivity contribution in [2.24, 2.45) is 0 Å². The molecule has 3 nitrogen and oxygen atoms in total. The van der Waals surface area contributed by atoms with Crippen molar-refractivity contribution >= 4 is 45.7 Å². The molecule has 0 unspecified atom stereocenters. The molecule has 0 radical (unpaired) electrons. The number of nitrogens with one attached hydrogen (secondary N) is 1. The summed E-state index contributed by atoms with van der Waals surface area (Å²) in [5.41, 5.74) is 0.878. The average Bonchev–Trinajstić information content (AvgIpc) is 2.23. The van der Waals surface area contributed by atoms with Crippen molar-refractivity contribution < 1.29 is 0 Å². The standard InChI is InChI=1S/C12H11IN2OS/c13-7-4-5-10-9(6-7)11(16)15(12(17)14-10)8-2-1-3-8/h4-6,8H,1-3H2,(H,14,17). The number of halogens is 1. The van der Waals surface area contributed by atoms with E-state index in [-0.39, 0.29) is 5.56 Å². The van der Waals surface area contributed by atoms with Gasteiger partial charge in [-0.15, -0.1) is 0 Å². The van der Waals surface area contributed by atoms with Crippen LogP contribution in [0.1, 0.15) is 25.3 Å². The lowest BCUT2D eigenvalue weighted by atomic mass is 9.93. The van der Waals surface area contributed by atoms with Gasteiger partial charge < -0.3 is 4.98 Å². The van der Waals surface area contributed by atoms with Crippen LogP contribution in [0.15, 0.2) is 23.0 Å². The predicted molar refractivity (Wildman–Crippen MR) is 79.0 cm³/mol. The highest BCUT2D eigenvalue weighted by atomic mass is 127. The van der Waals surface area contributed by atoms with E-state index in [4.69, 9.17) is 12.2 Å². The summed E-state index contributed by atoms with van der Waals surface area (Å²) in [6.45, 7) is 0. The summed E-state index contributed by atoms with van der Waals surface area (Å²) >= 11 is 7.50. The Morgan fingerprint density at radius 1 is 1.41 bits per heavy atom. The quantitative estimate of drug-likeness (QED) is 0.627. The summed E-state index contributed by atoms with van der Waals surface area (Å²) in [5, 5.41) is 0.734. The highest BCUT2D eigenvalue weighted by Crippen LogP contribution is 2.30. The van der Waals surface area contributed by atoms with E-state index in [1.165, 1.54) is 6.42 Å². The smallest absolute Gasteiger partial charge is 0.262 e. The van der Waals surface area contributed by atoms with Crippen LogP contribution in [-0.4, -0.2) is 9.55 Å². The number of aromatic nitrogens is 2. The summed E-state index contributed by atoms with van der Waals surface area (Å²) in [4.78, 5) is 15.6. The van der Waals surface area contributed by atoms with E-state index in [0.717, 1.165) is 27.3 Å². The molecule has 1 N–H and O–H groups in total. The fourth-order valence-electron chi connectivity index (χ4n) is 2.18. The number of rotatable bonds is 1. The second-order valence-corrected chi connectivity index (χ2v) is 6.01. The largest absolute Gasteiger partial charge is 0.332 e. The van der Waals surface area contributed by atoms with Gasteiger partial charge in [-0.1, -0.05) is 0 Å². The van der Waals surface area contributed by atoms with Gasteiger partial charge in [-0.05, 0) is 72.3 Å². The van der Waals surface area contributed by atoms with E-state index in [9.17, 15) is 4.79 Å². The van der Waals surface area contributed by atoms with Crippen LogP contribution in [0.5, 0.6) is 0 Å². The molecular weight excluding hydrogens is 347 g/mol. The molecule has 1 fully saturated rings. The van der Waals surface area contributed by atoms with Gasteiger partial charge in [-0.25, -0.2) is 0 Å². The molecule has 1 heterocycles. The van der Waals surface area contributed by atoms with Crippen molar-refractivity contribution in [2.75, 3.05) is 0 Å². The van der Waals surface area contributed by atoms with Crippen molar-refractivity contribution in [3.05, 3.63) is 36.9 Å². The Morgan fingerprint density at radius 2 is 2.18 bits per heavy atom. The Kier molecular flexibility index (Phi) is 2.82. The van der Waals surface area contributed by atoms with Crippen molar-refractivity contribution in [2.45, 2.75) is 25.3 Å². The first-order valence-corrected chi connectivity index (χ1v) is 7.09. The third-order valence-corrected chi connectivity index (χ3v) is 4.30. The molecule has 2 aromatic rings. The maximum Gasteiger partial charge on any atom is 0.262 e. The third-order valence-electron chi connectivity index (χ3n) is 3.33. The molecule has 0 atom stereocenters. The van der Waals surface area contributed by atoms with E-state index in [2.05, 4.69) is 27.6 Å². The van der Waals surface area contributed by atoms with Crippen LogP contribution in [0.2, 0.25) is 0 Å². The van der Waals surface area contributed by atoms with E-state index in [1.54, 1.807) is 4.57 Å². The summed E-state index contributed by atoms with van der Waals surface area (Å²) in [6, 6.07) is 6.10. The second-order valence-electron chi connectivity index (χ2n) is 4.38. The minimum Gasteiger partial charge on any atom is -0.332 e. The number of hydrogen-bond donors (Lipinski definition) is 1. The third kappa shape index (κ3) is 1.85. The van der Waals surface area contributed by atoms with E-state index in [1.807, 2.05) is 18.2 Å². The normalized spacial score (nSPS) is 16.1. The number of aromatic amines is 1. The van der Waals surface area contributed by atoms with Crippen LogP contribution >= 0.6 is 34.8 Å². The molecule has 1 aromatic heterocycles. The Hall–Kier alpha value is -0.690. The first-order chi connectivity index (χ1) is 8.16. The molecule has 0 saturated heterocycles. The summed E-state index contributed by atoms with van der Waals surface area (Å²) in [5.74, 6) is 0. The van der Waals surface area contributed by atoms with Gasteiger partial charge in [-0.3, -0.25) is 9.36 Å². The van der Waals surface area contributed by atoms with E-state index >= 15 is 0 Å². The Morgan fingerprint density at radius 3 is 2.82 bits per heavy atom. The number of fused-ring (bicyclic) bond motifs is 1. The lowest BCUT2D eigenvalue weighted by molar-refractivity contribution is 0.302. The fraction of sp³-hybridized carbons (Fsp3) is 0.333. The number of hydrogen-bond acceptors (Lipinski definition) is 2. The zero-order valence-corrected chi connectivity index (χ0v) is 12.0. The molecule has 0 bridgehead atoms. The minimum atomic E-state index is 0.0481. The van der Waals surface area contributed by atoms with Gasteiger partial charge >= 0.3 is 0 Å². The Balaban J connectivity index is 2.36. The lowest BCUT2D eigenvalue weighted by Crippen LogP contribution is -2.30. The van der Waals surface area contributed by atoms with Gasteiger partial charge in [0, 0.05) is 9.61 Å². The zero-order chi connectivity index (χ0) is 12.0. The number of H-pyrrole nitrogens is 1. The lowest BCUT2D eigenvalue weighted by Gasteiger charge is -2.27. The molecule has 17 heavy (non-hydrogen) atoms. The molecular formula is C12H11IN2OS. The van der Waals surface area contributed by atoms with Crippen LogP contribution in [0, 0.1) is 8.34 Å². The first kappa shape index (κ1) is 11.4. The van der Waals surface area contributed by atoms with Gasteiger partial charge in [0.1, 0.15) is 0 Å². The molecule has 88 valence electrons. The monoisotopic (exact) mass is 358 g/mol. The highest BCUT2D eigenvalue weighted by molar-refractivity contribution is 14.1. The Bertz CT molecular complexity index is 700.